The average Bonchev–Trinajstić information content (AvgIpc) is 2.33. The molecule has 0 saturated heterocycles. The predicted molar refractivity (Wildman–Crippen MR) is 62.9 cm³/mol. The van der Waals surface area contributed by atoms with E-state index in [0.717, 1.165) is 0 Å². The van der Waals surface area contributed by atoms with Gasteiger partial charge in [0.15, 0.2) is 5.78 Å². The zero-order valence-corrected chi connectivity index (χ0v) is 9.88. The second kappa shape index (κ2) is 4.20. The Labute approximate surface area is 104 Å². The number of aliphatic carboxylic acids is 1. The third-order valence-electron chi connectivity index (χ3n) is 2.75. The SMILES string of the molecule is O=C(O)C(=O)C1CS(O)(O)c2ccccc2C1=O. The van der Waals surface area contributed by atoms with Crippen LogP contribution in [0.2, 0.25) is 0 Å². The van der Waals surface area contributed by atoms with Crippen LogP contribution in [0.3, 0.4) is 0 Å². The monoisotopic (exact) mass is 270 g/mol. The third kappa shape index (κ3) is 1.92. The summed E-state index contributed by atoms with van der Waals surface area (Å²) in [6, 6.07) is 5.80. The highest BCUT2D eigenvalue weighted by atomic mass is 32.3. The first kappa shape index (κ1) is 12.7. The van der Waals surface area contributed by atoms with Crippen molar-refractivity contribution < 1.29 is 28.6 Å². The van der Waals surface area contributed by atoms with Crippen molar-refractivity contribution in [3.8, 4) is 0 Å². The molecule has 1 aromatic carbocycles. The molecule has 3 N–H and O–H groups in total. The number of carboxylic acid groups (broad SMARTS) is 1. The number of ketones is 2. The van der Waals surface area contributed by atoms with Gasteiger partial charge in [-0.25, -0.2) is 4.79 Å². The van der Waals surface area contributed by atoms with E-state index in [1.165, 1.54) is 18.2 Å². The number of fused-ring (bicyclic) bond motifs is 1. The quantitative estimate of drug-likeness (QED) is 0.551. The molecule has 0 aromatic heterocycles. The molecule has 6 nitrogen and oxygen atoms in total. The van der Waals surface area contributed by atoms with E-state index in [0.29, 0.717) is 0 Å². The molecule has 1 aromatic rings. The molecule has 1 aliphatic heterocycles. The second-order valence-corrected chi connectivity index (χ2v) is 6.02. The zero-order chi connectivity index (χ0) is 13.5. The number of hydrogen-bond acceptors (Lipinski definition) is 5. The van der Waals surface area contributed by atoms with Gasteiger partial charge in [0.25, 0.3) is 5.78 Å². The molecule has 1 aliphatic rings. The van der Waals surface area contributed by atoms with Crippen molar-refractivity contribution in [2.45, 2.75) is 4.90 Å². The molecule has 7 heteroatoms. The molecule has 1 heterocycles. The lowest BCUT2D eigenvalue weighted by Gasteiger charge is -2.39. The molecule has 0 amide bonds. The summed E-state index contributed by atoms with van der Waals surface area (Å²) in [6.45, 7) is 0. The first-order valence-corrected chi connectivity index (χ1v) is 6.72. The lowest BCUT2D eigenvalue weighted by Crippen LogP contribution is -2.38. The highest BCUT2D eigenvalue weighted by Gasteiger charge is 2.42. The Morgan fingerprint density at radius 2 is 1.83 bits per heavy atom. The molecule has 1 atom stereocenters. The van der Waals surface area contributed by atoms with Crippen molar-refractivity contribution in [2.24, 2.45) is 5.92 Å². The molecule has 18 heavy (non-hydrogen) atoms. The Bertz CT molecular complexity index is 550. The second-order valence-electron chi connectivity index (χ2n) is 3.92. The van der Waals surface area contributed by atoms with Crippen molar-refractivity contribution in [2.75, 3.05) is 5.75 Å². The highest BCUT2D eigenvalue weighted by Crippen LogP contribution is 2.54. The number of benzene rings is 1. The van der Waals surface area contributed by atoms with Gasteiger partial charge < -0.3 is 5.11 Å². The maximum Gasteiger partial charge on any atom is 0.373 e. The van der Waals surface area contributed by atoms with Gasteiger partial charge in [0, 0.05) is 5.56 Å². The molecule has 0 saturated carbocycles. The lowest BCUT2D eigenvalue weighted by molar-refractivity contribution is -0.150. The van der Waals surface area contributed by atoms with Crippen LogP contribution in [0.4, 0.5) is 0 Å². The molecule has 0 aliphatic carbocycles. The van der Waals surface area contributed by atoms with Crippen LogP contribution in [-0.4, -0.2) is 37.5 Å². The maximum atomic E-state index is 12.0. The van der Waals surface area contributed by atoms with E-state index in [4.69, 9.17) is 5.11 Å². The molecule has 0 fully saturated rings. The lowest BCUT2D eigenvalue weighted by atomic mass is 9.95. The summed E-state index contributed by atoms with van der Waals surface area (Å²) >= 11 is 0. The van der Waals surface area contributed by atoms with Crippen LogP contribution in [0.5, 0.6) is 0 Å². The number of rotatable bonds is 2. The van der Waals surface area contributed by atoms with Crippen LogP contribution in [0, 0.1) is 5.92 Å². The van der Waals surface area contributed by atoms with E-state index in [1.807, 2.05) is 0 Å². The van der Waals surface area contributed by atoms with Gasteiger partial charge in [0.1, 0.15) is 5.92 Å². The topological polar surface area (TPSA) is 112 Å². The molecular formula is C11H10O6S. The normalized spacial score (nSPS) is 23.0. The minimum absolute atomic E-state index is 0.00310. The van der Waals surface area contributed by atoms with Gasteiger partial charge in [-0.2, -0.15) is 10.6 Å². The van der Waals surface area contributed by atoms with E-state index >= 15 is 0 Å². The summed E-state index contributed by atoms with van der Waals surface area (Å²) in [5, 5.41) is 8.61. The minimum Gasteiger partial charge on any atom is -0.475 e. The van der Waals surface area contributed by atoms with Gasteiger partial charge in [0.2, 0.25) is 0 Å². The highest BCUT2D eigenvalue weighted by molar-refractivity contribution is 8.24. The van der Waals surface area contributed by atoms with Crippen molar-refractivity contribution in [1.29, 1.82) is 0 Å². The van der Waals surface area contributed by atoms with Crippen LogP contribution in [-0.2, 0) is 9.59 Å². The van der Waals surface area contributed by atoms with Gasteiger partial charge >= 0.3 is 5.97 Å². The van der Waals surface area contributed by atoms with Crippen molar-refractivity contribution in [3.05, 3.63) is 29.8 Å². The van der Waals surface area contributed by atoms with E-state index in [1.54, 1.807) is 6.07 Å². The Balaban J connectivity index is 2.52. The number of hydrogen-bond donors (Lipinski definition) is 3. The fourth-order valence-electron chi connectivity index (χ4n) is 1.88. The summed E-state index contributed by atoms with van der Waals surface area (Å²) in [5.74, 6) is -5.82. The maximum absolute atomic E-state index is 12.0. The Morgan fingerprint density at radius 3 is 2.44 bits per heavy atom. The predicted octanol–water partition coefficient (Wildman–Crippen LogP) is 1.26. The Kier molecular flexibility index (Phi) is 2.97. The van der Waals surface area contributed by atoms with E-state index < -0.39 is 39.8 Å². The smallest absolute Gasteiger partial charge is 0.373 e. The summed E-state index contributed by atoms with van der Waals surface area (Å²) in [5.41, 5.74) is 0.00310. The zero-order valence-electron chi connectivity index (χ0n) is 9.07. The summed E-state index contributed by atoms with van der Waals surface area (Å²) in [6.07, 6.45) is 0. The largest absolute Gasteiger partial charge is 0.475 e. The van der Waals surface area contributed by atoms with Crippen LogP contribution in [0.15, 0.2) is 29.2 Å². The van der Waals surface area contributed by atoms with Crippen molar-refractivity contribution in [1.82, 2.24) is 0 Å². The van der Waals surface area contributed by atoms with Gasteiger partial charge in [0.05, 0.1) is 10.6 Å². The van der Waals surface area contributed by atoms with Gasteiger partial charge in [-0.05, 0) is 12.1 Å². The first-order valence-electron chi connectivity index (χ1n) is 5.01. The first-order chi connectivity index (χ1) is 8.34. The average molecular weight is 270 g/mol. The molecule has 1 unspecified atom stereocenters. The van der Waals surface area contributed by atoms with Gasteiger partial charge in [-0.15, -0.1) is 0 Å². The van der Waals surface area contributed by atoms with E-state index in [9.17, 15) is 23.5 Å². The Morgan fingerprint density at radius 1 is 1.22 bits per heavy atom. The van der Waals surface area contributed by atoms with Crippen molar-refractivity contribution in [3.63, 3.8) is 0 Å². The minimum atomic E-state index is -3.31. The number of carbonyl (C=O) groups excluding carboxylic acids is 2. The molecule has 96 valence electrons. The standard InChI is InChI=1S/C11H10O6S/c12-9-6-3-1-2-4-8(6)18(16,17)5-7(9)10(13)11(14)15/h1-4,7,16-17H,5H2,(H,14,15). The number of carboxylic acids is 1. The summed E-state index contributed by atoms with van der Waals surface area (Å²) in [4.78, 5) is 34.0. The van der Waals surface area contributed by atoms with Crippen molar-refractivity contribution >= 4 is 28.1 Å². The van der Waals surface area contributed by atoms with Crippen LogP contribution >= 0.6 is 10.6 Å². The Hall–Kier alpha value is -1.70. The molecule has 0 spiro atoms. The van der Waals surface area contributed by atoms with Gasteiger partial charge in [-0.3, -0.25) is 18.7 Å². The summed E-state index contributed by atoms with van der Waals surface area (Å²) in [7, 11) is -3.31. The third-order valence-corrected chi connectivity index (χ3v) is 4.61. The summed E-state index contributed by atoms with van der Waals surface area (Å²) < 4.78 is 19.8. The molecule has 0 radical (unpaired) electrons. The van der Waals surface area contributed by atoms with Crippen LogP contribution < -0.4 is 0 Å². The molecule has 2 rings (SSSR count). The van der Waals surface area contributed by atoms with Crippen LogP contribution in [0.25, 0.3) is 0 Å². The van der Waals surface area contributed by atoms with E-state index in [-0.39, 0.29) is 10.5 Å². The van der Waals surface area contributed by atoms with Crippen LogP contribution in [0.1, 0.15) is 10.4 Å². The number of carbonyl (C=O) groups is 3. The fourth-order valence-corrected chi connectivity index (χ4v) is 3.65. The van der Waals surface area contributed by atoms with Gasteiger partial charge in [-0.1, -0.05) is 12.1 Å². The molecule has 0 bridgehead atoms. The van der Waals surface area contributed by atoms with E-state index in [2.05, 4.69) is 0 Å². The molecular weight excluding hydrogens is 260 g/mol. The number of Topliss-reactive ketones (excluding diaryl/α,β-unsaturated/α-hetero) is 2. The fraction of sp³-hybridized carbons (Fsp3) is 0.182.